The van der Waals surface area contributed by atoms with Crippen molar-refractivity contribution >= 4 is 56.6 Å². The number of carbonyl (C=O) groups excluding carboxylic acids is 1. The maximum absolute atomic E-state index is 14.0. The van der Waals surface area contributed by atoms with Crippen LogP contribution in [0.2, 0.25) is 10.0 Å². The summed E-state index contributed by atoms with van der Waals surface area (Å²) < 4.78 is 13.7. The molecule has 8 nitrogen and oxygen atoms in total. The van der Waals surface area contributed by atoms with E-state index in [1.165, 1.54) is 23.8 Å². The highest BCUT2D eigenvalue weighted by Crippen LogP contribution is 2.34. The van der Waals surface area contributed by atoms with Crippen molar-refractivity contribution < 1.29 is 14.3 Å². The van der Waals surface area contributed by atoms with Crippen LogP contribution in [0.4, 0.5) is 5.69 Å². The molecule has 2 heterocycles. The third-order valence-corrected chi connectivity index (χ3v) is 6.86. The number of ether oxygens (including phenoxy) is 2. The van der Waals surface area contributed by atoms with Crippen molar-refractivity contribution in [1.29, 1.82) is 0 Å². The predicted molar refractivity (Wildman–Crippen MR) is 146 cm³/mol. The predicted octanol–water partition coefficient (Wildman–Crippen LogP) is 5.48. The molecule has 188 valence electrons. The lowest BCUT2D eigenvalue weighted by Crippen LogP contribution is -2.32. The van der Waals surface area contributed by atoms with E-state index in [2.05, 4.69) is 5.10 Å². The summed E-state index contributed by atoms with van der Waals surface area (Å²) in [7, 11) is 6.41. The molecule has 0 fully saturated rings. The zero-order chi connectivity index (χ0) is 26.4. The van der Waals surface area contributed by atoms with E-state index in [4.69, 9.17) is 32.7 Å². The van der Waals surface area contributed by atoms with Gasteiger partial charge in [0, 0.05) is 35.4 Å². The van der Waals surface area contributed by atoms with Crippen LogP contribution in [-0.4, -0.2) is 41.5 Å². The molecule has 0 unspecified atom stereocenters. The van der Waals surface area contributed by atoms with Crippen LogP contribution in [-0.2, 0) is 7.05 Å². The number of rotatable bonds is 5. The first-order valence-corrected chi connectivity index (χ1v) is 12.0. The smallest absolute Gasteiger partial charge is 0.296 e. The Morgan fingerprint density at radius 3 is 2.38 bits per heavy atom. The third-order valence-electron chi connectivity index (χ3n) is 6.33. The standard InChI is InChI=1S/C27H22Cl2N4O4/c1-31-19-8-6-5-7-17(19)23-24(26(34)32(2)20-13-15(28)9-11-22(20)37-4)30-33(27(35)25(23)31)16-10-12-21(36-3)18(29)14-16/h5-14H,1-4H3. The van der Waals surface area contributed by atoms with Crippen LogP contribution in [0.3, 0.4) is 0 Å². The molecule has 0 bridgehead atoms. The van der Waals surface area contributed by atoms with E-state index in [0.29, 0.717) is 43.8 Å². The van der Waals surface area contributed by atoms with Gasteiger partial charge in [-0.3, -0.25) is 9.59 Å². The van der Waals surface area contributed by atoms with Crippen LogP contribution < -0.4 is 19.9 Å². The first kappa shape index (κ1) is 24.7. The Labute approximate surface area is 222 Å². The molecule has 0 aliphatic heterocycles. The van der Waals surface area contributed by atoms with Gasteiger partial charge >= 0.3 is 0 Å². The van der Waals surface area contributed by atoms with Crippen LogP contribution in [0, 0.1) is 0 Å². The number of anilines is 1. The number of para-hydroxylation sites is 1. The number of hydrogen-bond acceptors (Lipinski definition) is 5. The highest BCUT2D eigenvalue weighted by Gasteiger charge is 2.27. The van der Waals surface area contributed by atoms with E-state index in [1.807, 2.05) is 24.3 Å². The van der Waals surface area contributed by atoms with Crippen LogP contribution in [0.15, 0.2) is 65.5 Å². The summed E-state index contributed by atoms with van der Waals surface area (Å²) in [6, 6.07) is 17.4. The fraction of sp³-hybridized carbons (Fsp3) is 0.148. The highest BCUT2D eigenvalue weighted by atomic mass is 35.5. The zero-order valence-electron chi connectivity index (χ0n) is 20.5. The lowest BCUT2D eigenvalue weighted by molar-refractivity contribution is 0.0988. The summed E-state index contributed by atoms with van der Waals surface area (Å²) in [6.45, 7) is 0. The lowest BCUT2D eigenvalue weighted by atomic mass is 10.1. The van der Waals surface area contributed by atoms with Gasteiger partial charge < -0.3 is 18.9 Å². The van der Waals surface area contributed by atoms with Crippen LogP contribution >= 0.6 is 23.2 Å². The number of amides is 1. The Kier molecular flexibility index (Phi) is 6.31. The van der Waals surface area contributed by atoms with E-state index in [1.54, 1.807) is 55.1 Å². The van der Waals surface area contributed by atoms with Gasteiger partial charge in [-0.25, -0.2) is 0 Å². The van der Waals surface area contributed by atoms with Crippen molar-refractivity contribution in [2.45, 2.75) is 0 Å². The van der Waals surface area contributed by atoms with Gasteiger partial charge in [-0.15, -0.1) is 0 Å². The number of aromatic nitrogens is 3. The van der Waals surface area contributed by atoms with Gasteiger partial charge in [0.2, 0.25) is 0 Å². The minimum atomic E-state index is -0.449. The molecule has 0 atom stereocenters. The molecular weight excluding hydrogens is 515 g/mol. The Morgan fingerprint density at radius 2 is 1.68 bits per heavy atom. The molecule has 0 saturated heterocycles. The topological polar surface area (TPSA) is 78.6 Å². The number of benzene rings is 3. The summed E-state index contributed by atoms with van der Waals surface area (Å²) in [5.74, 6) is 0.466. The summed E-state index contributed by atoms with van der Waals surface area (Å²) in [5.41, 5.74) is 1.66. The van der Waals surface area contributed by atoms with Crippen LogP contribution in [0.25, 0.3) is 27.5 Å². The first-order chi connectivity index (χ1) is 17.8. The lowest BCUT2D eigenvalue weighted by Gasteiger charge is -2.21. The Balaban J connectivity index is 1.83. The Bertz CT molecular complexity index is 1760. The molecule has 0 radical (unpaired) electrons. The minimum Gasteiger partial charge on any atom is -0.495 e. The van der Waals surface area contributed by atoms with Crippen molar-refractivity contribution in [3.8, 4) is 17.2 Å². The summed E-state index contributed by atoms with van der Waals surface area (Å²) in [4.78, 5) is 29.2. The number of carbonyl (C=O) groups is 1. The number of methoxy groups -OCH3 is 2. The van der Waals surface area contributed by atoms with Gasteiger partial charge in [0.15, 0.2) is 5.69 Å². The fourth-order valence-corrected chi connectivity index (χ4v) is 4.90. The normalized spacial score (nSPS) is 11.2. The number of hydrogen-bond donors (Lipinski definition) is 0. The zero-order valence-corrected chi connectivity index (χ0v) is 22.0. The quantitative estimate of drug-likeness (QED) is 0.297. The molecule has 1 amide bonds. The maximum atomic E-state index is 14.0. The van der Waals surface area contributed by atoms with E-state index in [9.17, 15) is 9.59 Å². The molecule has 2 aromatic heterocycles. The number of aryl methyl sites for hydroxylation is 1. The molecule has 0 saturated carbocycles. The van der Waals surface area contributed by atoms with E-state index >= 15 is 0 Å². The summed E-state index contributed by atoms with van der Waals surface area (Å²) in [6.07, 6.45) is 0. The molecule has 10 heteroatoms. The highest BCUT2D eigenvalue weighted by molar-refractivity contribution is 6.32. The van der Waals surface area contributed by atoms with Crippen molar-refractivity contribution in [2.75, 3.05) is 26.2 Å². The first-order valence-electron chi connectivity index (χ1n) is 11.2. The van der Waals surface area contributed by atoms with E-state index in [-0.39, 0.29) is 5.69 Å². The number of fused-ring (bicyclic) bond motifs is 3. The van der Waals surface area contributed by atoms with Gasteiger partial charge in [0.25, 0.3) is 11.5 Å². The summed E-state index contributed by atoms with van der Waals surface area (Å²) in [5, 5.41) is 6.52. The molecule has 0 aliphatic carbocycles. The van der Waals surface area contributed by atoms with Gasteiger partial charge in [-0.1, -0.05) is 41.4 Å². The van der Waals surface area contributed by atoms with Gasteiger partial charge in [0.1, 0.15) is 17.0 Å². The second kappa shape index (κ2) is 9.46. The molecule has 3 aromatic carbocycles. The molecule has 5 rings (SSSR count). The largest absolute Gasteiger partial charge is 0.495 e. The van der Waals surface area contributed by atoms with Crippen molar-refractivity contribution in [2.24, 2.45) is 7.05 Å². The number of halogens is 2. The minimum absolute atomic E-state index is 0.0860. The molecule has 0 aliphatic rings. The molecule has 0 N–H and O–H groups in total. The SMILES string of the molecule is COc1ccc(-n2nc(C(=O)N(C)c3cc(Cl)ccc3OC)c3c4ccccc4n(C)c3c2=O)cc1Cl. The van der Waals surface area contributed by atoms with Gasteiger partial charge in [-0.2, -0.15) is 9.78 Å². The van der Waals surface area contributed by atoms with Gasteiger partial charge in [-0.05, 0) is 42.5 Å². The molecule has 37 heavy (non-hydrogen) atoms. The molecular formula is C27H22Cl2N4O4. The Morgan fingerprint density at radius 1 is 0.973 bits per heavy atom. The summed E-state index contributed by atoms with van der Waals surface area (Å²) >= 11 is 12.6. The second-order valence-electron chi connectivity index (χ2n) is 8.36. The van der Waals surface area contributed by atoms with Gasteiger partial charge in [0.05, 0.1) is 30.6 Å². The third kappa shape index (κ3) is 3.98. The van der Waals surface area contributed by atoms with Crippen molar-refractivity contribution in [1.82, 2.24) is 14.3 Å². The fourth-order valence-electron chi connectivity index (χ4n) is 4.48. The van der Waals surface area contributed by atoms with E-state index < -0.39 is 11.5 Å². The average molecular weight is 537 g/mol. The monoisotopic (exact) mass is 536 g/mol. The van der Waals surface area contributed by atoms with Crippen molar-refractivity contribution in [3.63, 3.8) is 0 Å². The van der Waals surface area contributed by atoms with Crippen LogP contribution in [0.5, 0.6) is 11.5 Å². The second-order valence-corrected chi connectivity index (χ2v) is 9.21. The molecule has 0 spiro atoms. The molecule has 5 aromatic rings. The average Bonchev–Trinajstić information content (AvgIpc) is 3.21. The number of nitrogens with zero attached hydrogens (tertiary/aromatic N) is 4. The van der Waals surface area contributed by atoms with Crippen LogP contribution in [0.1, 0.15) is 10.5 Å². The Hall–Kier alpha value is -4.01. The van der Waals surface area contributed by atoms with E-state index in [0.717, 1.165) is 10.9 Å². The van der Waals surface area contributed by atoms with Crippen molar-refractivity contribution in [3.05, 3.63) is 86.8 Å². The maximum Gasteiger partial charge on any atom is 0.296 e.